The van der Waals surface area contributed by atoms with Gasteiger partial charge in [0, 0.05) is 37.1 Å². The maximum atomic E-state index is 13.0. The van der Waals surface area contributed by atoms with Crippen molar-refractivity contribution in [2.75, 3.05) is 26.2 Å². The number of sulfonamides is 1. The summed E-state index contributed by atoms with van der Waals surface area (Å²) in [7, 11) is -3.84. The van der Waals surface area contributed by atoms with E-state index in [9.17, 15) is 17.6 Å². The molecule has 2 aromatic carbocycles. The summed E-state index contributed by atoms with van der Waals surface area (Å²) in [4.78, 5) is 14.1. The maximum Gasteiger partial charge on any atom is 0.277 e. The first-order valence-electron chi connectivity index (χ1n) is 8.60. The maximum absolute atomic E-state index is 13.0. The van der Waals surface area contributed by atoms with Crippen molar-refractivity contribution < 1.29 is 22.0 Å². The van der Waals surface area contributed by atoms with Gasteiger partial charge in [-0.3, -0.25) is 4.79 Å². The van der Waals surface area contributed by atoms with E-state index in [0.29, 0.717) is 21.0 Å². The Morgan fingerprint density at radius 3 is 2.29 bits per heavy atom. The molecule has 0 spiro atoms. The molecule has 9 heteroatoms. The fourth-order valence-electron chi connectivity index (χ4n) is 3.18. The number of rotatable bonds is 3. The van der Waals surface area contributed by atoms with E-state index in [1.807, 2.05) is 0 Å². The van der Waals surface area contributed by atoms with E-state index in [-0.39, 0.29) is 37.2 Å². The van der Waals surface area contributed by atoms with Crippen molar-refractivity contribution in [2.24, 2.45) is 0 Å². The van der Waals surface area contributed by atoms with Gasteiger partial charge in [-0.2, -0.15) is 4.31 Å². The quantitative estimate of drug-likeness (QED) is 0.592. The number of piperazine rings is 1. The second-order valence-electron chi connectivity index (χ2n) is 6.40. The number of furan rings is 1. The number of fused-ring (bicyclic) bond motifs is 1. The van der Waals surface area contributed by atoms with Gasteiger partial charge in [0.25, 0.3) is 15.9 Å². The average Bonchev–Trinajstić information content (AvgIpc) is 3.06. The van der Waals surface area contributed by atoms with Crippen LogP contribution in [0, 0.1) is 5.82 Å². The SMILES string of the molecule is O=C(c1ccc(F)cc1)N1CCN(S(=O)(=O)c2oc3ccccc3c2Br)CC1. The molecule has 1 aliphatic rings. The zero-order chi connectivity index (χ0) is 19.9. The van der Waals surface area contributed by atoms with Crippen molar-refractivity contribution in [3.63, 3.8) is 0 Å². The predicted molar refractivity (Wildman–Crippen MR) is 105 cm³/mol. The summed E-state index contributed by atoms with van der Waals surface area (Å²) >= 11 is 3.33. The molecule has 0 bridgehead atoms. The van der Waals surface area contributed by atoms with Crippen LogP contribution in [-0.2, 0) is 10.0 Å². The Labute approximate surface area is 169 Å². The van der Waals surface area contributed by atoms with E-state index in [1.54, 1.807) is 29.2 Å². The summed E-state index contributed by atoms with van der Waals surface area (Å²) in [5.74, 6) is -0.661. The average molecular weight is 467 g/mol. The van der Waals surface area contributed by atoms with Crippen molar-refractivity contribution in [3.8, 4) is 0 Å². The van der Waals surface area contributed by atoms with Gasteiger partial charge in [-0.25, -0.2) is 12.8 Å². The summed E-state index contributed by atoms with van der Waals surface area (Å²) in [5, 5.41) is 0.554. The van der Waals surface area contributed by atoms with E-state index in [2.05, 4.69) is 15.9 Å². The van der Waals surface area contributed by atoms with E-state index >= 15 is 0 Å². The Hall–Kier alpha value is -2.23. The highest BCUT2D eigenvalue weighted by Crippen LogP contribution is 2.35. The highest BCUT2D eigenvalue weighted by Gasteiger charge is 2.34. The first-order chi connectivity index (χ1) is 13.4. The normalized spacial score (nSPS) is 15.9. The predicted octanol–water partition coefficient (Wildman–Crippen LogP) is 3.48. The van der Waals surface area contributed by atoms with Gasteiger partial charge < -0.3 is 9.32 Å². The van der Waals surface area contributed by atoms with Crippen LogP contribution in [0.1, 0.15) is 10.4 Å². The monoisotopic (exact) mass is 466 g/mol. The number of hydrogen-bond acceptors (Lipinski definition) is 4. The van der Waals surface area contributed by atoms with Crippen molar-refractivity contribution in [1.82, 2.24) is 9.21 Å². The minimum Gasteiger partial charge on any atom is -0.442 e. The third-order valence-corrected chi connectivity index (χ3v) is 7.55. The number of carbonyl (C=O) groups excluding carboxylic acids is 1. The molecule has 0 aliphatic carbocycles. The Bertz CT molecular complexity index is 1140. The topological polar surface area (TPSA) is 70.8 Å². The van der Waals surface area contributed by atoms with Crippen molar-refractivity contribution in [1.29, 1.82) is 0 Å². The molecule has 0 saturated carbocycles. The van der Waals surface area contributed by atoms with Crippen LogP contribution in [0.3, 0.4) is 0 Å². The smallest absolute Gasteiger partial charge is 0.277 e. The number of hydrogen-bond donors (Lipinski definition) is 0. The van der Waals surface area contributed by atoms with E-state index < -0.39 is 15.8 Å². The van der Waals surface area contributed by atoms with Crippen LogP contribution in [0.4, 0.5) is 4.39 Å². The Balaban J connectivity index is 1.51. The fourth-order valence-corrected chi connectivity index (χ4v) is 5.61. The van der Waals surface area contributed by atoms with Crippen molar-refractivity contribution in [2.45, 2.75) is 5.09 Å². The van der Waals surface area contributed by atoms with Crippen molar-refractivity contribution >= 4 is 42.8 Å². The standard InChI is InChI=1S/C19H16BrFN2O4S/c20-17-15-3-1-2-4-16(15)27-19(17)28(25,26)23-11-9-22(10-12-23)18(24)13-5-7-14(21)8-6-13/h1-8H,9-12H2. The summed E-state index contributed by atoms with van der Waals surface area (Å²) in [6, 6.07) is 12.4. The third kappa shape index (κ3) is 3.34. The van der Waals surface area contributed by atoms with Gasteiger partial charge >= 0.3 is 0 Å². The minimum absolute atomic E-state index is 0.132. The number of nitrogens with zero attached hydrogens (tertiary/aromatic N) is 2. The molecule has 0 unspecified atom stereocenters. The zero-order valence-electron chi connectivity index (χ0n) is 14.6. The molecule has 1 aromatic heterocycles. The Morgan fingerprint density at radius 2 is 1.64 bits per heavy atom. The Kier molecular flexibility index (Phi) is 4.98. The van der Waals surface area contributed by atoms with E-state index in [1.165, 1.54) is 28.6 Å². The first kappa shape index (κ1) is 19.1. The van der Waals surface area contributed by atoms with Crippen LogP contribution in [0.2, 0.25) is 0 Å². The molecule has 146 valence electrons. The Morgan fingerprint density at radius 1 is 1.00 bits per heavy atom. The molecule has 1 amide bonds. The second kappa shape index (κ2) is 7.31. The van der Waals surface area contributed by atoms with Gasteiger partial charge in [0.1, 0.15) is 11.4 Å². The number of carbonyl (C=O) groups is 1. The lowest BCUT2D eigenvalue weighted by atomic mass is 10.2. The van der Waals surface area contributed by atoms with Gasteiger partial charge in [0.2, 0.25) is 5.09 Å². The molecule has 2 heterocycles. The number of benzene rings is 2. The third-order valence-electron chi connectivity index (χ3n) is 4.70. The minimum atomic E-state index is -3.84. The first-order valence-corrected chi connectivity index (χ1v) is 10.8. The van der Waals surface area contributed by atoms with Crippen LogP contribution < -0.4 is 0 Å². The van der Waals surface area contributed by atoms with Crippen LogP contribution in [0.15, 0.2) is 62.5 Å². The van der Waals surface area contributed by atoms with Crippen LogP contribution in [-0.4, -0.2) is 49.7 Å². The van der Waals surface area contributed by atoms with Gasteiger partial charge in [-0.05, 0) is 52.3 Å². The molecule has 4 rings (SSSR count). The number of para-hydroxylation sites is 1. The van der Waals surface area contributed by atoms with Gasteiger partial charge in [0.15, 0.2) is 0 Å². The lowest BCUT2D eigenvalue weighted by molar-refractivity contribution is 0.0697. The van der Waals surface area contributed by atoms with E-state index in [4.69, 9.17) is 4.42 Å². The molecule has 28 heavy (non-hydrogen) atoms. The molecule has 1 saturated heterocycles. The number of amides is 1. The van der Waals surface area contributed by atoms with Gasteiger partial charge in [-0.1, -0.05) is 12.1 Å². The number of halogens is 2. The molecular weight excluding hydrogens is 451 g/mol. The molecule has 3 aromatic rings. The van der Waals surface area contributed by atoms with E-state index in [0.717, 1.165) is 0 Å². The van der Waals surface area contributed by atoms with Crippen molar-refractivity contribution in [3.05, 3.63) is 64.4 Å². The lowest BCUT2D eigenvalue weighted by Gasteiger charge is -2.33. The highest BCUT2D eigenvalue weighted by atomic mass is 79.9. The van der Waals surface area contributed by atoms with Gasteiger partial charge in [-0.15, -0.1) is 0 Å². The van der Waals surface area contributed by atoms with Crippen LogP contribution in [0.25, 0.3) is 11.0 Å². The fraction of sp³-hybridized carbons (Fsp3) is 0.211. The summed E-state index contributed by atoms with van der Waals surface area (Å²) in [5.41, 5.74) is 0.857. The molecule has 1 aliphatic heterocycles. The largest absolute Gasteiger partial charge is 0.442 e. The molecule has 0 N–H and O–H groups in total. The highest BCUT2D eigenvalue weighted by molar-refractivity contribution is 9.10. The van der Waals surface area contributed by atoms with Crippen LogP contribution >= 0.6 is 15.9 Å². The van der Waals surface area contributed by atoms with Gasteiger partial charge in [0.05, 0.1) is 4.47 Å². The summed E-state index contributed by atoms with van der Waals surface area (Å²) < 4.78 is 46.4. The molecular formula is C19H16BrFN2O4S. The summed E-state index contributed by atoms with van der Waals surface area (Å²) in [6.07, 6.45) is 0. The second-order valence-corrected chi connectivity index (χ2v) is 9.03. The molecule has 1 fully saturated rings. The lowest BCUT2D eigenvalue weighted by Crippen LogP contribution is -2.50. The summed E-state index contributed by atoms with van der Waals surface area (Å²) in [6.45, 7) is 0.790. The van der Waals surface area contributed by atoms with Crippen LogP contribution in [0.5, 0.6) is 0 Å². The molecule has 6 nitrogen and oxygen atoms in total. The molecule has 0 radical (unpaired) electrons. The molecule has 0 atom stereocenters. The zero-order valence-corrected chi connectivity index (χ0v) is 17.0.